The van der Waals surface area contributed by atoms with Gasteiger partial charge >= 0.3 is 11.9 Å². The maximum absolute atomic E-state index is 12.4. The average Bonchev–Trinajstić information content (AvgIpc) is 3.21. The minimum atomic E-state index is -0.534. The number of rotatable bonds is 7. The van der Waals surface area contributed by atoms with Crippen molar-refractivity contribution in [1.82, 2.24) is 0 Å². The van der Waals surface area contributed by atoms with E-state index in [0.29, 0.717) is 34.6 Å². The average molecular weight is 449 g/mol. The fourth-order valence-corrected chi connectivity index (χ4v) is 3.27. The number of esters is 2. The van der Waals surface area contributed by atoms with Gasteiger partial charge in [-0.2, -0.15) is 0 Å². The first-order chi connectivity index (χ1) is 13.6. The molecule has 1 unspecified atom stereocenters. The van der Waals surface area contributed by atoms with Gasteiger partial charge in [-0.1, -0.05) is 6.07 Å². The smallest absolute Gasteiger partial charge is 0.343 e. The lowest BCUT2D eigenvalue weighted by Crippen LogP contribution is -2.18. The molecule has 2 aromatic rings. The van der Waals surface area contributed by atoms with Crippen molar-refractivity contribution in [3.8, 4) is 11.5 Å². The van der Waals surface area contributed by atoms with Gasteiger partial charge < -0.3 is 18.9 Å². The van der Waals surface area contributed by atoms with Crippen molar-refractivity contribution in [2.75, 3.05) is 19.8 Å². The minimum Gasteiger partial charge on any atom is -0.493 e. The Kier molecular flexibility index (Phi) is 7.06. The predicted molar refractivity (Wildman–Crippen MR) is 106 cm³/mol. The highest BCUT2D eigenvalue weighted by atomic mass is 79.9. The van der Waals surface area contributed by atoms with E-state index in [1.165, 1.54) is 6.07 Å². The molecule has 1 fully saturated rings. The van der Waals surface area contributed by atoms with Crippen LogP contribution in [0, 0.1) is 0 Å². The first kappa shape index (κ1) is 20.4. The zero-order valence-corrected chi connectivity index (χ0v) is 17.1. The molecule has 3 rings (SSSR count). The largest absolute Gasteiger partial charge is 0.493 e. The van der Waals surface area contributed by atoms with Gasteiger partial charge in [-0.05, 0) is 72.1 Å². The molecule has 0 amide bonds. The molecule has 7 heteroatoms. The van der Waals surface area contributed by atoms with Crippen LogP contribution in [0.3, 0.4) is 0 Å². The maximum atomic E-state index is 12.4. The van der Waals surface area contributed by atoms with Crippen LogP contribution in [-0.2, 0) is 9.47 Å². The van der Waals surface area contributed by atoms with Gasteiger partial charge in [0.15, 0.2) is 0 Å². The predicted octanol–water partition coefficient (Wildman–Crippen LogP) is 4.40. The van der Waals surface area contributed by atoms with Crippen molar-refractivity contribution in [2.24, 2.45) is 0 Å². The van der Waals surface area contributed by atoms with Gasteiger partial charge in [-0.3, -0.25) is 0 Å². The van der Waals surface area contributed by atoms with Crippen LogP contribution in [0.1, 0.15) is 40.5 Å². The first-order valence-corrected chi connectivity index (χ1v) is 9.89. The van der Waals surface area contributed by atoms with Gasteiger partial charge in [-0.25, -0.2) is 9.59 Å². The van der Waals surface area contributed by atoms with E-state index in [2.05, 4.69) is 15.9 Å². The van der Waals surface area contributed by atoms with E-state index in [1.54, 1.807) is 36.4 Å². The molecule has 1 atom stereocenters. The molecule has 28 heavy (non-hydrogen) atoms. The summed E-state index contributed by atoms with van der Waals surface area (Å²) in [5.74, 6) is -0.0950. The lowest BCUT2D eigenvalue weighted by Gasteiger charge is -2.11. The summed E-state index contributed by atoms with van der Waals surface area (Å²) in [6, 6.07) is 11.3. The van der Waals surface area contributed by atoms with Gasteiger partial charge in [0.1, 0.15) is 18.1 Å². The van der Waals surface area contributed by atoms with Crippen molar-refractivity contribution >= 4 is 27.9 Å². The van der Waals surface area contributed by atoms with Crippen LogP contribution in [0.5, 0.6) is 11.5 Å². The summed E-state index contributed by atoms with van der Waals surface area (Å²) in [5, 5.41) is 0. The lowest BCUT2D eigenvalue weighted by atomic mass is 10.2. The number of ether oxygens (including phenoxy) is 4. The van der Waals surface area contributed by atoms with Crippen molar-refractivity contribution in [1.29, 1.82) is 0 Å². The second-order valence-electron chi connectivity index (χ2n) is 6.23. The van der Waals surface area contributed by atoms with E-state index in [-0.39, 0.29) is 18.5 Å². The molecule has 0 saturated carbocycles. The van der Waals surface area contributed by atoms with Crippen LogP contribution in [0.25, 0.3) is 0 Å². The number of hydrogen-bond acceptors (Lipinski definition) is 6. The van der Waals surface area contributed by atoms with E-state index in [0.717, 1.165) is 12.8 Å². The summed E-state index contributed by atoms with van der Waals surface area (Å²) in [7, 11) is 0. The quantitative estimate of drug-likeness (QED) is 0.461. The molecule has 1 aliphatic rings. The highest BCUT2D eigenvalue weighted by Gasteiger charge is 2.19. The fourth-order valence-electron chi connectivity index (χ4n) is 2.78. The summed E-state index contributed by atoms with van der Waals surface area (Å²) >= 11 is 3.37. The second kappa shape index (κ2) is 9.71. The number of carbonyl (C=O) groups is 2. The summed E-state index contributed by atoms with van der Waals surface area (Å²) in [6.45, 7) is 3.34. The molecule has 6 nitrogen and oxygen atoms in total. The number of halogens is 1. The fraction of sp³-hybridized carbons (Fsp3) is 0.333. The third-order valence-corrected chi connectivity index (χ3v) is 4.79. The zero-order valence-electron chi connectivity index (χ0n) is 15.5. The third-order valence-electron chi connectivity index (χ3n) is 4.17. The van der Waals surface area contributed by atoms with Gasteiger partial charge in [0.25, 0.3) is 0 Å². The maximum Gasteiger partial charge on any atom is 0.343 e. The molecule has 148 valence electrons. The summed E-state index contributed by atoms with van der Waals surface area (Å²) in [5.41, 5.74) is 0.679. The van der Waals surface area contributed by atoms with E-state index < -0.39 is 11.9 Å². The monoisotopic (exact) mass is 448 g/mol. The van der Waals surface area contributed by atoms with Crippen molar-refractivity contribution in [3.63, 3.8) is 0 Å². The molecule has 1 heterocycles. The van der Waals surface area contributed by atoms with Crippen molar-refractivity contribution in [3.05, 3.63) is 58.1 Å². The Morgan fingerprint density at radius 3 is 2.68 bits per heavy atom. The molecule has 2 aromatic carbocycles. The number of hydrogen-bond donors (Lipinski definition) is 0. The molecule has 0 N–H and O–H groups in total. The molecule has 0 radical (unpaired) electrons. The zero-order chi connectivity index (χ0) is 19.9. The molecule has 0 bridgehead atoms. The molecular weight excluding hydrogens is 428 g/mol. The Morgan fingerprint density at radius 2 is 1.96 bits per heavy atom. The van der Waals surface area contributed by atoms with Crippen molar-refractivity contribution < 1.29 is 28.5 Å². The van der Waals surface area contributed by atoms with Crippen LogP contribution in [0.15, 0.2) is 46.9 Å². The first-order valence-electron chi connectivity index (χ1n) is 9.10. The molecule has 1 saturated heterocycles. The Balaban J connectivity index is 1.62. The SMILES string of the molecule is CCOc1ccc(C(=O)Oc2cccc(C(=O)OCC3CCCO3)c2)cc1Br. The van der Waals surface area contributed by atoms with E-state index in [1.807, 2.05) is 6.92 Å². The molecule has 0 aliphatic carbocycles. The Bertz CT molecular complexity index is 845. The third kappa shape index (κ3) is 5.33. The highest BCUT2D eigenvalue weighted by Crippen LogP contribution is 2.27. The second-order valence-corrected chi connectivity index (χ2v) is 7.08. The van der Waals surface area contributed by atoms with Crippen molar-refractivity contribution in [2.45, 2.75) is 25.9 Å². The minimum absolute atomic E-state index is 0.0388. The van der Waals surface area contributed by atoms with Crippen LogP contribution >= 0.6 is 15.9 Å². The van der Waals surface area contributed by atoms with E-state index >= 15 is 0 Å². The summed E-state index contributed by atoms with van der Waals surface area (Å²) in [6.07, 6.45) is 1.83. The summed E-state index contributed by atoms with van der Waals surface area (Å²) < 4.78 is 22.2. The standard InChI is InChI=1S/C21H21BrO6/c1-2-25-19-9-8-15(12-18(19)22)21(24)28-16-6-3-5-14(11-16)20(23)27-13-17-7-4-10-26-17/h3,5-6,8-9,11-12,17H,2,4,7,10,13H2,1H3. The molecule has 1 aliphatic heterocycles. The molecular formula is C21H21BrO6. The number of carbonyl (C=O) groups excluding carboxylic acids is 2. The molecule has 0 aromatic heterocycles. The van der Waals surface area contributed by atoms with Crippen LogP contribution in [0.4, 0.5) is 0 Å². The van der Waals surface area contributed by atoms with Crippen LogP contribution in [0.2, 0.25) is 0 Å². The van der Waals surface area contributed by atoms with Gasteiger partial charge in [0.05, 0.1) is 28.3 Å². The molecule has 0 spiro atoms. The summed E-state index contributed by atoms with van der Waals surface area (Å²) in [4.78, 5) is 24.6. The van der Waals surface area contributed by atoms with Gasteiger partial charge in [-0.15, -0.1) is 0 Å². The lowest BCUT2D eigenvalue weighted by molar-refractivity contribution is 0.0161. The Morgan fingerprint density at radius 1 is 1.14 bits per heavy atom. The van der Waals surface area contributed by atoms with E-state index in [9.17, 15) is 9.59 Å². The van der Waals surface area contributed by atoms with E-state index in [4.69, 9.17) is 18.9 Å². The Hall–Kier alpha value is -2.38. The van der Waals surface area contributed by atoms with Crippen LogP contribution in [-0.4, -0.2) is 37.9 Å². The normalized spacial score (nSPS) is 15.9. The topological polar surface area (TPSA) is 71.1 Å². The van der Waals surface area contributed by atoms with Gasteiger partial charge in [0, 0.05) is 6.61 Å². The highest BCUT2D eigenvalue weighted by molar-refractivity contribution is 9.10. The van der Waals surface area contributed by atoms with Crippen LogP contribution < -0.4 is 9.47 Å². The van der Waals surface area contributed by atoms with Gasteiger partial charge in [0.2, 0.25) is 0 Å². The number of benzene rings is 2. The Labute approximate surface area is 171 Å².